The van der Waals surface area contributed by atoms with Gasteiger partial charge in [0.25, 0.3) is 0 Å². The van der Waals surface area contributed by atoms with Crippen LogP contribution in [0.15, 0.2) is 18.2 Å². The lowest BCUT2D eigenvalue weighted by Crippen LogP contribution is -2.32. The highest BCUT2D eigenvalue weighted by molar-refractivity contribution is 7.89. The first-order valence-electron chi connectivity index (χ1n) is 5.40. The number of hydrogen-bond donors (Lipinski definition) is 2. The lowest BCUT2D eigenvalue weighted by molar-refractivity contribution is -0.117. The summed E-state index contributed by atoms with van der Waals surface area (Å²) in [6.45, 7) is 1.81. The zero-order valence-electron chi connectivity index (χ0n) is 9.83. The minimum absolute atomic E-state index is 0.0283. The molecule has 0 saturated carbocycles. The molecule has 2 rings (SSSR count). The lowest BCUT2D eigenvalue weighted by atomic mass is 10.2. The van der Waals surface area contributed by atoms with Gasteiger partial charge >= 0.3 is 0 Å². The van der Waals surface area contributed by atoms with Gasteiger partial charge in [-0.2, -0.15) is 0 Å². The predicted molar refractivity (Wildman–Crippen MR) is 66.7 cm³/mol. The van der Waals surface area contributed by atoms with Gasteiger partial charge in [-0.25, -0.2) is 13.6 Å². The number of benzene rings is 1. The molecule has 98 valence electrons. The molecule has 1 amide bonds. The molecule has 0 spiro atoms. The third kappa shape index (κ3) is 2.46. The van der Waals surface area contributed by atoms with E-state index >= 15 is 0 Å². The second-order valence-corrected chi connectivity index (χ2v) is 6.29. The van der Waals surface area contributed by atoms with Gasteiger partial charge in [-0.1, -0.05) is 0 Å². The maximum Gasteiger partial charge on any atom is 0.228 e. The summed E-state index contributed by atoms with van der Waals surface area (Å²) in [6, 6.07) is 4.70. The van der Waals surface area contributed by atoms with E-state index in [2.05, 4.69) is 0 Å². The average Bonchev–Trinajstić information content (AvgIpc) is 2.58. The van der Waals surface area contributed by atoms with Crippen molar-refractivity contribution in [2.75, 3.05) is 11.4 Å². The van der Waals surface area contributed by atoms with Gasteiger partial charge in [0.1, 0.15) is 11.0 Å². The summed E-state index contributed by atoms with van der Waals surface area (Å²) in [7, 11) is -3.72. The molecule has 7 heteroatoms. The van der Waals surface area contributed by atoms with Crippen molar-refractivity contribution >= 4 is 21.6 Å². The fourth-order valence-electron chi connectivity index (χ4n) is 2.04. The van der Waals surface area contributed by atoms with E-state index in [1.807, 2.05) is 0 Å². The fourth-order valence-corrected chi connectivity index (χ4v) is 2.78. The van der Waals surface area contributed by atoms with Crippen molar-refractivity contribution in [3.63, 3.8) is 0 Å². The molecule has 1 aromatic rings. The van der Waals surface area contributed by atoms with Crippen LogP contribution in [0.2, 0.25) is 0 Å². The van der Waals surface area contributed by atoms with E-state index in [-0.39, 0.29) is 24.6 Å². The van der Waals surface area contributed by atoms with E-state index in [1.165, 1.54) is 11.0 Å². The third-order valence-electron chi connectivity index (χ3n) is 2.91. The van der Waals surface area contributed by atoms with E-state index in [4.69, 9.17) is 5.14 Å². The molecule has 0 aliphatic carbocycles. The summed E-state index contributed by atoms with van der Waals surface area (Å²) in [5.74, 6) is -0.268. The van der Waals surface area contributed by atoms with Crippen molar-refractivity contribution < 1.29 is 18.3 Å². The van der Waals surface area contributed by atoms with Crippen LogP contribution in [0.1, 0.15) is 12.0 Å². The molecule has 0 aromatic heterocycles. The first-order valence-corrected chi connectivity index (χ1v) is 7.01. The maximum absolute atomic E-state index is 11.8. The minimum atomic E-state index is -3.72. The Morgan fingerprint density at radius 2 is 2.06 bits per heavy atom. The van der Waals surface area contributed by atoms with E-state index in [9.17, 15) is 18.3 Å². The third-order valence-corrected chi connectivity index (χ3v) is 4.16. The largest absolute Gasteiger partial charge is 0.508 e. The molecule has 1 atom stereocenters. The Balaban J connectivity index is 2.32. The number of hydrogen-bond acceptors (Lipinski definition) is 4. The van der Waals surface area contributed by atoms with E-state index < -0.39 is 15.3 Å². The number of aromatic hydroxyl groups is 1. The van der Waals surface area contributed by atoms with Crippen LogP contribution in [0.3, 0.4) is 0 Å². The van der Waals surface area contributed by atoms with Crippen LogP contribution in [0.5, 0.6) is 5.75 Å². The fraction of sp³-hybridized carbons (Fsp3) is 0.364. The smallest absolute Gasteiger partial charge is 0.228 e. The molecule has 18 heavy (non-hydrogen) atoms. The number of carbonyl (C=O) groups is 1. The molecule has 1 aliphatic heterocycles. The Hall–Kier alpha value is -1.60. The highest BCUT2D eigenvalue weighted by Gasteiger charge is 2.37. The van der Waals surface area contributed by atoms with E-state index in [0.29, 0.717) is 5.69 Å². The van der Waals surface area contributed by atoms with Crippen LogP contribution in [0.25, 0.3) is 0 Å². The minimum Gasteiger partial charge on any atom is -0.508 e. The quantitative estimate of drug-likeness (QED) is 0.795. The van der Waals surface area contributed by atoms with Crippen LogP contribution in [0, 0.1) is 6.92 Å². The Morgan fingerprint density at radius 3 is 2.56 bits per heavy atom. The molecule has 0 bridgehead atoms. The number of nitrogens with zero attached hydrogens (tertiary/aromatic N) is 1. The van der Waals surface area contributed by atoms with Gasteiger partial charge in [0, 0.05) is 24.7 Å². The SMILES string of the molecule is Cc1cc(O)cc(N2CC(S(N)(=O)=O)CC2=O)c1. The van der Waals surface area contributed by atoms with Gasteiger partial charge < -0.3 is 10.0 Å². The molecule has 6 nitrogen and oxygen atoms in total. The summed E-state index contributed by atoms with van der Waals surface area (Å²) in [6.07, 6.45) is -0.118. The zero-order valence-corrected chi connectivity index (χ0v) is 10.6. The van der Waals surface area contributed by atoms with Crippen LogP contribution in [0.4, 0.5) is 5.69 Å². The number of carbonyl (C=O) groups excluding carboxylic acids is 1. The maximum atomic E-state index is 11.8. The van der Waals surface area contributed by atoms with Crippen LogP contribution < -0.4 is 10.0 Å². The predicted octanol–water partition coefficient (Wildman–Crippen LogP) is 0.0944. The number of aryl methyl sites for hydroxylation is 1. The average molecular weight is 270 g/mol. The van der Waals surface area contributed by atoms with Gasteiger partial charge in [-0.15, -0.1) is 0 Å². The number of primary sulfonamides is 1. The molecule has 1 aliphatic rings. The highest BCUT2D eigenvalue weighted by atomic mass is 32.2. The number of anilines is 1. The van der Waals surface area contributed by atoms with Crippen molar-refractivity contribution in [1.29, 1.82) is 0 Å². The summed E-state index contributed by atoms with van der Waals surface area (Å²) in [5.41, 5.74) is 1.28. The lowest BCUT2D eigenvalue weighted by Gasteiger charge is -2.17. The van der Waals surface area contributed by atoms with Crippen molar-refractivity contribution in [3.8, 4) is 5.75 Å². The Bertz CT molecular complexity index is 577. The molecular weight excluding hydrogens is 256 g/mol. The van der Waals surface area contributed by atoms with Gasteiger partial charge in [0.2, 0.25) is 15.9 Å². The second-order valence-electron chi connectivity index (χ2n) is 4.45. The number of phenols is 1. The summed E-state index contributed by atoms with van der Waals surface area (Å²) in [5, 5.41) is 13.7. The number of nitrogens with two attached hydrogens (primary N) is 1. The number of sulfonamides is 1. The molecule has 0 radical (unpaired) electrons. The van der Waals surface area contributed by atoms with Crippen molar-refractivity contribution in [2.24, 2.45) is 5.14 Å². The number of phenolic OH excluding ortho intramolecular Hbond substituents is 1. The Morgan fingerprint density at radius 1 is 1.39 bits per heavy atom. The van der Waals surface area contributed by atoms with Gasteiger partial charge in [-0.3, -0.25) is 4.79 Å². The van der Waals surface area contributed by atoms with Crippen molar-refractivity contribution in [3.05, 3.63) is 23.8 Å². The summed E-state index contributed by atoms with van der Waals surface area (Å²) in [4.78, 5) is 13.1. The first kappa shape index (κ1) is 12.8. The number of rotatable bonds is 2. The van der Waals surface area contributed by atoms with Gasteiger partial charge in [-0.05, 0) is 24.6 Å². The van der Waals surface area contributed by atoms with E-state index in [1.54, 1.807) is 19.1 Å². The summed E-state index contributed by atoms with van der Waals surface area (Å²) < 4.78 is 22.5. The standard InChI is InChI=1S/C11H14N2O4S/c1-7-2-8(4-9(14)3-7)13-6-10(5-11(13)15)18(12,16)17/h2-4,10,14H,5-6H2,1H3,(H2,12,16,17). The number of amides is 1. The Labute approximate surface area is 105 Å². The zero-order chi connectivity index (χ0) is 13.5. The molecule has 1 saturated heterocycles. The molecule has 1 fully saturated rings. The monoisotopic (exact) mass is 270 g/mol. The van der Waals surface area contributed by atoms with E-state index in [0.717, 1.165) is 5.56 Å². The van der Waals surface area contributed by atoms with Crippen LogP contribution in [-0.4, -0.2) is 31.2 Å². The molecule has 3 N–H and O–H groups in total. The topological polar surface area (TPSA) is 101 Å². The normalized spacial score (nSPS) is 20.4. The first-order chi connectivity index (χ1) is 8.27. The van der Waals surface area contributed by atoms with Crippen LogP contribution in [-0.2, 0) is 14.8 Å². The van der Waals surface area contributed by atoms with Gasteiger partial charge in [0.15, 0.2) is 0 Å². The van der Waals surface area contributed by atoms with Crippen molar-refractivity contribution in [2.45, 2.75) is 18.6 Å². The summed E-state index contributed by atoms with van der Waals surface area (Å²) >= 11 is 0. The molecule has 1 unspecified atom stereocenters. The molecular formula is C11H14N2O4S. The molecule has 1 aromatic carbocycles. The van der Waals surface area contributed by atoms with Crippen molar-refractivity contribution in [1.82, 2.24) is 0 Å². The van der Waals surface area contributed by atoms with Gasteiger partial charge in [0.05, 0.1) is 0 Å². The molecule has 1 heterocycles. The highest BCUT2D eigenvalue weighted by Crippen LogP contribution is 2.28. The Kier molecular flexibility index (Phi) is 3.04. The van der Waals surface area contributed by atoms with Crippen LogP contribution >= 0.6 is 0 Å². The second kappa shape index (κ2) is 4.25.